The SMILES string of the molecule is CCN(CC)CCC(NC)c1ccoc1. The second-order valence-electron chi connectivity index (χ2n) is 3.71. The van der Waals surface area contributed by atoms with Crippen LogP contribution in [0.2, 0.25) is 0 Å². The first-order valence-corrected chi connectivity index (χ1v) is 5.73. The summed E-state index contributed by atoms with van der Waals surface area (Å²) < 4.78 is 5.10. The Bertz CT molecular complexity index is 242. The molecule has 0 aliphatic rings. The van der Waals surface area contributed by atoms with Crippen LogP contribution < -0.4 is 5.32 Å². The van der Waals surface area contributed by atoms with Crippen molar-refractivity contribution in [3.8, 4) is 0 Å². The first-order chi connectivity index (χ1) is 7.31. The van der Waals surface area contributed by atoms with E-state index >= 15 is 0 Å². The molecule has 0 radical (unpaired) electrons. The quantitative estimate of drug-likeness (QED) is 0.748. The monoisotopic (exact) mass is 210 g/mol. The third kappa shape index (κ3) is 3.68. The molecule has 0 aromatic carbocycles. The molecular formula is C12H22N2O. The van der Waals surface area contributed by atoms with Crippen LogP contribution in [0.5, 0.6) is 0 Å². The lowest BCUT2D eigenvalue weighted by Crippen LogP contribution is -2.28. The molecule has 1 atom stereocenters. The van der Waals surface area contributed by atoms with E-state index in [1.165, 1.54) is 5.56 Å². The van der Waals surface area contributed by atoms with E-state index in [1.54, 1.807) is 6.26 Å². The zero-order valence-electron chi connectivity index (χ0n) is 9.99. The van der Waals surface area contributed by atoms with E-state index in [4.69, 9.17) is 4.42 Å². The molecule has 0 spiro atoms. The Morgan fingerprint density at radius 2 is 2.13 bits per heavy atom. The van der Waals surface area contributed by atoms with Crippen molar-refractivity contribution in [2.75, 3.05) is 26.7 Å². The molecule has 0 saturated heterocycles. The Labute approximate surface area is 92.5 Å². The molecule has 0 fully saturated rings. The van der Waals surface area contributed by atoms with E-state index in [-0.39, 0.29) is 0 Å². The van der Waals surface area contributed by atoms with E-state index in [2.05, 4.69) is 24.1 Å². The van der Waals surface area contributed by atoms with Gasteiger partial charge in [0, 0.05) is 11.6 Å². The zero-order chi connectivity index (χ0) is 11.1. The number of hydrogen-bond donors (Lipinski definition) is 1. The molecule has 3 nitrogen and oxygen atoms in total. The molecule has 3 heteroatoms. The summed E-state index contributed by atoms with van der Waals surface area (Å²) in [6, 6.07) is 2.44. The Kier molecular flexibility index (Phi) is 5.43. The van der Waals surface area contributed by atoms with Gasteiger partial charge in [-0.3, -0.25) is 0 Å². The average Bonchev–Trinajstić information content (AvgIpc) is 2.78. The Morgan fingerprint density at radius 3 is 2.60 bits per heavy atom. The average molecular weight is 210 g/mol. The largest absolute Gasteiger partial charge is 0.472 e. The molecule has 1 N–H and O–H groups in total. The number of furan rings is 1. The highest BCUT2D eigenvalue weighted by Crippen LogP contribution is 2.16. The molecule has 0 saturated carbocycles. The number of hydrogen-bond acceptors (Lipinski definition) is 3. The van der Waals surface area contributed by atoms with Gasteiger partial charge in [-0.1, -0.05) is 13.8 Å². The molecular weight excluding hydrogens is 188 g/mol. The standard InChI is InChI=1S/C12H22N2O/c1-4-14(5-2)8-6-12(13-3)11-7-9-15-10-11/h7,9-10,12-13H,4-6,8H2,1-3H3. The third-order valence-corrected chi connectivity index (χ3v) is 2.92. The van der Waals surface area contributed by atoms with Crippen LogP contribution in [0, 0.1) is 0 Å². The summed E-state index contributed by atoms with van der Waals surface area (Å²) in [7, 11) is 2.00. The molecule has 1 unspecified atom stereocenters. The van der Waals surface area contributed by atoms with Gasteiger partial charge >= 0.3 is 0 Å². The molecule has 0 amide bonds. The summed E-state index contributed by atoms with van der Waals surface area (Å²) in [4.78, 5) is 2.43. The number of nitrogens with one attached hydrogen (secondary N) is 1. The van der Waals surface area contributed by atoms with Gasteiger partial charge in [0.2, 0.25) is 0 Å². The zero-order valence-corrected chi connectivity index (χ0v) is 9.99. The number of rotatable bonds is 7. The maximum atomic E-state index is 5.10. The highest BCUT2D eigenvalue weighted by Gasteiger charge is 2.11. The summed E-state index contributed by atoms with van der Waals surface area (Å²) in [6.45, 7) is 7.78. The predicted octanol–water partition coefficient (Wildman–Crippen LogP) is 2.27. The lowest BCUT2D eigenvalue weighted by atomic mass is 10.1. The summed E-state index contributed by atoms with van der Waals surface area (Å²) >= 11 is 0. The van der Waals surface area contributed by atoms with Gasteiger partial charge in [-0.15, -0.1) is 0 Å². The van der Waals surface area contributed by atoms with Gasteiger partial charge in [0.15, 0.2) is 0 Å². The predicted molar refractivity (Wildman–Crippen MR) is 62.9 cm³/mol. The maximum absolute atomic E-state index is 5.10. The van der Waals surface area contributed by atoms with Gasteiger partial charge < -0.3 is 14.6 Å². The summed E-state index contributed by atoms with van der Waals surface area (Å²) in [5.74, 6) is 0. The van der Waals surface area contributed by atoms with E-state index in [1.807, 2.05) is 19.4 Å². The van der Waals surface area contributed by atoms with Crippen LogP contribution in [-0.4, -0.2) is 31.6 Å². The van der Waals surface area contributed by atoms with Crippen LogP contribution in [0.3, 0.4) is 0 Å². The highest BCUT2D eigenvalue weighted by atomic mass is 16.3. The Morgan fingerprint density at radius 1 is 1.40 bits per heavy atom. The Balaban J connectivity index is 2.41. The summed E-state index contributed by atoms with van der Waals surface area (Å²) in [6.07, 6.45) is 4.68. The van der Waals surface area contributed by atoms with E-state index in [0.717, 1.165) is 26.1 Å². The maximum Gasteiger partial charge on any atom is 0.0950 e. The van der Waals surface area contributed by atoms with Crippen LogP contribution in [0.1, 0.15) is 31.9 Å². The van der Waals surface area contributed by atoms with Crippen molar-refractivity contribution in [3.63, 3.8) is 0 Å². The molecule has 86 valence electrons. The third-order valence-electron chi connectivity index (χ3n) is 2.92. The fourth-order valence-electron chi connectivity index (χ4n) is 1.80. The fraction of sp³-hybridized carbons (Fsp3) is 0.667. The van der Waals surface area contributed by atoms with Gasteiger partial charge in [0.1, 0.15) is 0 Å². The van der Waals surface area contributed by atoms with Crippen molar-refractivity contribution in [2.24, 2.45) is 0 Å². The summed E-state index contributed by atoms with van der Waals surface area (Å²) in [5.41, 5.74) is 1.24. The summed E-state index contributed by atoms with van der Waals surface area (Å²) in [5, 5.41) is 3.32. The lowest BCUT2D eigenvalue weighted by Gasteiger charge is -2.21. The molecule has 0 aliphatic heterocycles. The van der Waals surface area contributed by atoms with Crippen LogP contribution in [0.25, 0.3) is 0 Å². The molecule has 15 heavy (non-hydrogen) atoms. The topological polar surface area (TPSA) is 28.4 Å². The van der Waals surface area contributed by atoms with Crippen molar-refractivity contribution >= 4 is 0 Å². The highest BCUT2D eigenvalue weighted by molar-refractivity contribution is 5.11. The Hall–Kier alpha value is -0.800. The van der Waals surface area contributed by atoms with Crippen molar-refractivity contribution < 1.29 is 4.42 Å². The van der Waals surface area contributed by atoms with Crippen molar-refractivity contribution in [2.45, 2.75) is 26.3 Å². The molecule has 1 aromatic rings. The molecule has 1 rings (SSSR count). The molecule has 1 aromatic heterocycles. The minimum atomic E-state index is 0.407. The molecule has 0 aliphatic carbocycles. The van der Waals surface area contributed by atoms with Gasteiger partial charge in [0.05, 0.1) is 12.5 Å². The van der Waals surface area contributed by atoms with Crippen LogP contribution >= 0.6 is 0 Å². The van der Waals surface area contributed by atoms with Crippen LogP contribution in [0.4, 0.5) is 0 Å². The lowest BCUT2D eigenvalue weighted by molar-refractivity contribution is 0.284. The number of nitrogens with zero attached hydrogens (tertiary/aromatic N) is 1. The minimum Gasteiger partial charge on any atom is -0.472 e. The first kappa shape index (κ1) is 12.3. The van der Waals surface area contributed by atoms with Gasteiger partial charge in [-0.05, 0) is 39.2 Å². The van der Waals surface area contributed by atoms with Crippen molar-refractivity contribution in [1.82, 2.24) is 10.2 Å². The van der Waals surface area contributed by atoms with Gasteiger partial charge in [-0.2, -0.15) is 0 Å². The van der Waals surface area contributed by atoms with Crippen LogP contribution in [0.15, 0.2) is 23.0 Å². The van der Waals surface area contributed by atoms with Crippen molar-refractivity contribution in [3.05, 3.63) is 24.2 Å². The first-order valence-electron chi connectivity index (χ1n) is 5.73. The minimum absolute atomic E-state index is 0.407. The second-order valence-corrected chi connectivity index (χ2v) is 3.71. The van der Waals surface area contributed by atoms with E-state index in [9.17, 15) is 0 Å². The van der Waals surface area contributed by atoms with E-state index < -0.39 is 0 Å². The smallest absolute Gasteiger partial charge is 0.0950 e. The van der Waals surface area contributed by atoms with Gasteiger partial charge in [0.25, 0.3) is 0 Å². The van der Waals surface area contributed by atoms with Crippen LogP contribution in [-0.2, 0) is 0 Å². The van der Waals surface area contributed by atoms with Gasteiger partial charge in [-0.25, -0.2) is 0 Å². The van der Waals surface area contributed by atoms with E-state index in [0.29, 0.717) is 6.04 Å². The normalized spacial score (nSPS) is 13.3. The molecule has 0 bridgehead atoms. The van der Waals surface area contributed by atoms with Crippen molar-refractivity contribution in [1.29, 1.82) is 0 Å². The second kappa shape index (κ2) is 6.64. The molecule has 1 heterocycles. The fourth-order valence-corrected chi connectivity index (χ4v) is 1.80.